The molecular weight excluding hydrogens is 194 g/mol. The third-order valence-electron chi connectivity index (χ3n) is 2.29. The molecule has 0 heterocycles. The summed E-state index contributed by atoms with van der Waals surface area (Å²) >= 11 is 0. The van der Waals surface area contributed by atoms with Crippen molar-refractivity contribution in [1.29, 1.82) is 5.41 Å². The van der Waals surface area contributed by atoms with E-state index in [4.69, 9.17) is 20.6 Å². The highest BCUT2D eigenvalue weighted by atomic mass is 16.5. The number of methoxy groups -OCH3 is 2. The maximum Gasteiger partial charge on any atom is 0.0947 e. The van der Waals surface area contributed by atoms with E-state index in [-0.39, 0.29) is 11.8 Å². The zero-order valence-electron chi connectivity index (χ0n) is 9.95. The van der Waals surface area contributed by atoms with E-state index >= 15 is 0 Å². The van der Waals surface area contributed by atoms with Crippen LogP contribution in [0.25, 0.3) is 0 Å². The van der Waals surface area contributed by atoms with Crippen LogP contribution in [0.3, 0.4) is 0 Å². The van der Waals surface area contributed by atoms with Crippen molar-refractivity contribution in [2.75, 3.05) is 47.1 Å². The minimum atomic E-state index is 0.0821. The summed E-state index contributed by atoms with van der Waals surface area (Å²) in [6.07, 6.45) is 0. The van der Waals surface area contributed by atoms with Crippen molar-refractivity contribution in [1.82, 2.24) is 4.90 Å². The maximum atomic E-state index is 7.34. The quantitative estimate of drug-likeness (QED) is 0.426. The number of nitrogens with zero attached hydrogens (tertiary/aromatic N) is 1. The van der Waals surface area contributed by atoms with Gasteiger partial charge < -0.3 is 15.2 Å². The van der Waals surface area contributed by atoms with Gasteiger partial charge in [-0.2, -0.15) is 0 Å². The number of hydrogen-bond acceptors (Lipinski definition) is 4. The Bertz CT molecular complexity index is 168. The second kappa shape index (κ2) is 8.64. The van der Waals surface area contributed by atoms with Gasteiger partial charge in [0.1, 0.15) is 0 Å². The molecule has 1 atom stereocenters. The lowest BCUT2D eigenvalue weighted by molar-refractivity contribution is 0.110. The fourth-order valence-corrected chi connectivity index (χ4v) is 1.22. The van der Waals surface area contributed by atoms with Crippen LogP contribution in [-0.4, -0.2) is 57.8 Å². The van der Waals surface area contributed by atoms with Gasteiger partial charge in [0.25, 0.3) is 0 Å². The molecular formula is C10H23N3O2. The van der Waals surface area contributed by atoms with E-state index in [1.807, 2.05) is 6.92 Å². The summed E-state index contributed by atoms with van der Waals surface area (Å²) in [5.74, 6) is 0.313. The number of ether oxygens (including phenoxy) is 2. The molecule has 0 aliphatic heterocycles. The van der Waals surface area contributed by atoms with Gasteiger partial charge >= 0.3 is 0 Å². The molecule has 90 valence electrons. The smallest absolute Gasteiger partial charge is 0.0947 e. The molecule has 3 N–H and O–H groups in total. The predicted molar refractivity (Wildman–Crippen MR) is 61.3 cm³/mol. The molecule has 0 amide bonds. The second-order valence-electron chi connectivity index (χ2n) is 3.64. The minimum absolute atomic E-state index is 0.0821. The lowest BCUT2D eigenvalue weighted by Gasteiger charge is -2.24. The van der Waals surface area contributed by atoms with Gasteiger partial charge in [0.15, 0.2) is 0 Å². The van der Waals surface area contributed by atoms with E-state index in [2.05, 4.69) is 4.90 Å². The van der Waals surface area contributed by atoms with Crippen molar-refractivity contribution in [2.45, 2.75) is 6.92 Å². The number of amidine groups is 1. The molecule has 0 rings (SSSR count). The molecule has 5 nitrogen and oxygen atoms in total. The zero-order chi connectivity index (χ0) is 11.7. The van der Waals surface area contributed by atoms with Gasteiger partial charge in [-0.25, -0.2) is 0 Å². The summed E-state index contributed by atoms with van der Waals surface area (Å²) in [6, 6.07) is 0. The average molecular weight is 217 g/mol. The molecule has 0 saturated carbocycles. The maximum absolute atomic E-state index is 7.34. The normalized spacial score (nSPS) is 13.1. The van der Waals surface area contributed by atoms with Crippen molar-refractivity contribution in [2.24, 2.45) is 11.7 Å². The summed E-state index contributed by atoms with van der Waals surface area (Å²) < 4.78 is 10.1. The highest BCUT2D eigenvalue weighted by Crippen LogP contribution is 1.99. The molecule has 0 aromatic rings. The van der Waals surface area contributed by atoms with E-state index in [0.717, 1.165) is 19.6 Å². The summed E-state index contributed by atoms with van der Waals surface area (Å²) in [6.45, 7) is 5.80. The standard InChI is InChI=1S/C10H23N3O2/c1-9(10(11)12)8-13(4-6-14-2)5-7-15-3/h9H,4-8H2,1-3H3,(H3,11,12). The van der Waals surface area contributed by atoms with E-state index < -0.39 is 0 Å². The van der Waals surface area contributed by atoms with E-state index in [1.54, 1.807) is 14.2 Å². The first kappa shape index (κ1) is 14.3. The Balaban J connectivity index is 3.92. The summed E-state index contributed by atoms with van der Waals surface area (Å²) in [5, 5.41) is 7.34. The Labute approximate surface area is 92.0 Å². The Morgan fingerprint density at radius 3 is 2.07 bits per heavy atom. The SMILES string of the molecule is COCCN(CCOC)CC(C)C(=N)N. The summed E-state index contributed by atoms with van der Waals surface area (Å²) in [5.41, 5.74) is 5.44. The molecule has 0 aromatic heterocycles. The molecule has 1 unspecified atom stereocenters. The van der Waals surface area contributed by atoms with Crippen LogP contribution >= 0.6 is 0 Å². The third kappa shape index (κ3) is 7.30. The predicted octanol–water partition coefficient (Wildman–Crippen LogP) is 0.153. The minimum Gasteiger partial charge on any atom is -0.387 e. The lowest BCUT2D eigenvalue weighted by atomic mass is 10.1. The van der Waals surface area contributed by atoms with Crippen LogP contribution in [0.1, 0.15) is 6.92 Å². The molecule has 0 aliphatic carbocycles. The first-order valence-electron chi connectivity index (χ1n) is 5.16. The van der Waals surface area contributed by atoms with Crippen molar-refractivity contribution >= 4 is 5.84 Å². The number of rotatable bonds is 9. The van der Waals surface area contributed by atoms with Crippen molar-refractivity contribution < 1.29 is 9.47 Å². The molecule has 5 heteroatoms. The van der Waals surface area contributed by atoms with Crippen molar-refractivity contribution in [3.05, 3.63) is 0 Å². The van der Waals surface area contributed by atoms with Gasteiger partial charge in [-0.05, 0) is 0 Å². The third-order valence-corrected chi connectivity index (χ3v) is 2.29. The van der Waals surface area contributed by atoms with Gasteiger partial charge in [0.2, 0.25) is 0 Å². The molecule has 0 radical (unpaired) electrons. The molecule has 0 fully saturated rings. The largest absolute Gasteiger partial charge is 0.387 e. The van der Waals surface area contributed by atoms with Gasteiger partial charge in [0.05, 0.1) is 19.0 Å². The molecule has 0 aromatic carbocycles. The highest BCUT2D eigenvalue weighted by Gasteiger charge is 2.11. The van der Waals surface area contributed by atoms with Crippen LogP contribution in [0.15, 0.2) is 0 Å². The van der Waals surface area contributed by atoms with Crippen LogP contribution < -0.4 is 5.73 Å². The Morgan fingerprint density at radius 2 is 1.73 bits per heavy atom. The molecule has 0 aliphatic rings. The van der Waals surface area contributed by atoms with Crippen LogP contribution in [0.4, 0.5) is 0 Å². The highest BCUT2D eigenvalue weighted by molar-refractivity contribution is 5.79. The van der Waals surface area contributed by atoms with Crippen LogP contribution in [-0.2, 0) is 9.47 Å². The fourth-order valence-electron chi connectivity index (χ4n) is 1.22. The van der Waals surface area contributed by atoms with Gasteiger partial charge in [0, 0.05) is 39.8 Å². The van der Waals surface area contributed by atoms with Crippen LogP contribution in [0.2, 0.25) is 0 Å². The van der Waals surface area contributed by atoms with Crippen LogP contribution in [0.5, 0.6) is 0 Å². The Morgan fingerprint density at radius 1 is 1.27 bits per heavy atom. The van der Waals surface area contributed by atoms with Crippen LogP contribution in [0, 0.1) is 11.3 Å². The van der Waals surface area contributed by atoms with Gasteiger partial charge in [-0.15, -0.1) is 0 Å². The summed E-state index contributed by atoms with van der Waals surface area (Å²) in [4.78, 5) is 2.19. The van der Waals surface area contributed by atoms with E-state index in [9.17, 15) is 0 Å². The monoisotopic (exact) mass is 217 g/mol. The molecule has 15 heavy (non-hydrogen) atoms. The van der Waals surface area contributed by atoms with Crippen molar-refractivity contribution in [3.8, 4) is 0 Å². The fraction of sp³-hybridized carbons (Fsp3) is 0.900. The topological polar surface area (TPSA) is 71.6 Å². The first-order chi connectivity index (χ1) is 7.11. The number of hydrogen-bond donors (Lipinski definition) is 2. The lowest BCUT2D eigenvalue weighted by Crippen LogP contribution is -2.38. The number of nitrogens with two attached hydrogens (primary N) is 1. The van der Waals surface area contributed by atoms with E-state index in [1.165, 1.54) is 0 Å². The number of nitrogens with one attached hydrogen (secondary N) is 1. The summed E-state index contributed by atoms with van der Waals surface area (Å²) in [7, 11) is 3.37. The van der Waals surface area contributed by atoms with Crippen molar-refractivity contribution in [3.63, 3.8) is 0 Å². The Kier molecular flexibility index (Phi) is 8.27. The Hall–Kier alpha value is -0.650. The van der Waals surface area contributed by atoms with E-state index in [0.29, 0.717) is 13.2 Å². The molecule has 0 saturated heterocycles. The molecule has 0 spiro atoms. The second-order valence-corrected chi connectivity index (χ2v) is 3.64. The van der Waals surface area contributed by atoms with Gasteiger partial charge in [-0.3, -0.25) is 10.3 Å². The first-order valence-corrected chi connectivity index (χ1v) is 5.16. The molecule has 0 bridgehead atoms. The van der Waals surface area contributed by atoms with Gasteiger partial charge in [-0.1, -0.05) is 6.92 Å². The zero-order valence-corrected chi connectivity index (χ0v) is 9.95. The average Bonchev–Trinajstić information content (AvgIpc) is 2.21.